The molecule has 0 amide bonds. The van der Waals surface area contributed by atoms with Gasteiger partial charge in [0.05, 0.1) is 0 Å². The van der Waals surface area contributed by atoms with Gasteiger partial charge in [-0.05, 0) is 75.5 Å². The van der Waals surface area contributed by atoms with Crippen LogP contribution in [0.15, 0.2) is 11.6 Å². The van der Waals surface area contributed by atoms with Gasteiger partial charge in [-0.1, -0.05) is 31.9 Å². The van der Waals surface area contributed by atoms with Crippen molar-refractivity contribution in [2.24, 2.45) is 22.7 Å². The van der Waals surface area contributed by atoms with Gasteiger partial charge >= 0.3 is 12.4 Å². The molecular formula is C20H30F6. The highest BCUT2D eigenvalue weighted by atomic mass is 19.4. The average Bonchev–Trinajstić information content (AvgIpc) is 2.76. The Hall–Kier alpha value is -0.680. The van der Waals surface area contributed by atoms with Crippen LogP contribution < -0.4 is 0 Å². The van der Waals surface area contributed by atoms with Crippen molar-refractivity contribution in [1.29, 1.82) is 0 Å². The van der Waals surface area contributed by atoms with Crippen LogP contribution >= 0.6 is 0 Å². The quantitative estimate of drug-likeness (QED) is 0.258. The lowest BCUT2D eigenvalue weighted by atomic mass is 9.60. The first-order valence-corrected chi connectivity index (χ1v) is 9.60. The van der Waals surface area contributed by atoms with Gasteiger partial charge in [0.15, 0.2) is 5.41 Å². The Kier molecular flexibility index (Phi) is 6.14. The molecule has 6 heteroatoms. The molecule has 1 fully saturated rings. The minimum atomic E-state index is -5.28. The van der Waals surface area contributed by atoms with Crippen LogP contribution in [0.5, 0.6) is 0 Å². The molecule has 2 aliphatic carbocycles. The Balaban J connectivity index is 2.50. The second kappa shape index (κ2) is 7.38. The molecule has 0 heterocycles. The van der Waals surface area contributed by atoms with Gasteiger partial charge in [-0.25, -0.2) is 0 Å². The summed E-state index contributed by atoms with van der Waals surface area (Å²) in [6, 6.07) is 0. The molecule has 0 aromatic carbocycles. The van der Waals surface area contributed by atoms with E-state index in [0.717, 1.165) is 5.57 Å². The number of hydrogen-bond donors (Lipinski definition) is 0. The molecule has 0 aliphatic heterocycles. The maximum absolute atomic E-state index is 14.3. The maximum Gasteiger partial charge on any atom is 0.403 e. The third-order valence-electron chi connectivity index (χ3n) is 6.70. The van der Waals surface area contributed by atoms with Crippen molar-refractivity contribution in [2.45, 2.75) is 90.9 Å². The Morgan fingerprint density at radius 2 is 1.42 bits per heavy atom. The van der Waals surface area contributed by atoms with Gasteiger partial charge in [-0.15, -0.1) is 0 Å². The predicted octanol–water partition coefficient (Wildman–Crippen LogP) is 7.84. The van der Waals surface area contributed by atoms with Crippen molar-refractivity contribution in [2.75, 3.05) is 0 Å². The summed E-state index contributed by atoms with van der Waals surface area (Å²) >= 11 is 0. The molecule has 26 heavy (non-hydrogen) atoms. The van der Waals surface area contributed by atoms with Gasteiger partial charge in [-0.2, -0.15) is 26.3 Å². The Morgan fingerprint density at radius 1 is 0.846 bits per heavy atom. The lowest BCUT2D eigenvalue weighted by Gasteiger charge is -2.48. The summed E-state index contributed by atoms with van der Waals surface area (Å²) in [7, 11) is 0. The molecular weight excluding hydrogens is 354 g/mol. The highest BCUT2D eigenvalue weighted by molar-refractivity contribution is 5.08. The molecule has 152 valence electrons. The summed E-state index contributed by atoms with van der Waals surface area (Å²) in [5, 5.41) is 0. The third kappa shape index (κ3) is 4.09. The molecule has 2 rings (SSSR count). The van der Waals surface area contributed by atoms with Crippen LogP contribution in [-0.4, -0.2) is 12.4 Å². The van der Waals surface area contributed by atoms with E-state index in [4.69, 9.17) is 0 Å². The summed E-state index contributed by atoms with van der Waals surface area (Å²) in [5.41, 5.74) is -2.88. The molecule has 2 aliphatic rings. The lowest BCUT2D eigenvalue weighted by molar-refractivity contribution is -0.379. The zero-order chi connectivity index (χ0) is 19.8. The van der Waals surface area contributed by atoms with E-state index in [1.807, 2.05) is 13.8 Å². The third-order valence-corrected chi connectivity index (χ3v) is 6.70. The zero-order valence-corrected chi connectivity index (χ0v) is 15.9. The van der Waals surface area contributed by atoms with Crippen molar-refractivity contribution in [3.05, 3.63) is 11.6 Å². The molecule has 0 saturated heterocycles. The fourth-order valence-corrected chi connectivity index (χ4v) is 5.17. The molecule has 0 aromatic rings. The number of rotatable bonds is 2. The molecule has 0 N–H and O–H groups in total. The smallest absolute Gasteiger partial charge is 0.170 e. The van der Waals surface area contributed by atoms with E-state index in [2.05, 4.69) is 0 Å². The Bertz CT molecular complexity index is 497. The van der Waals surface area contributed by atoms with Gasteiger partial charge in [0.1, 0.15) is 0 Å². The SMILES string of the molecule is CC1=CCCC(C(C2CCCC(C)(C)CC2)(C(F)(F)F)C(F)(F)F)CC1. The molecule has 0 radical (unpaired) electrons. The van der Waals surface area contributed by atoms with Crippen molar-refractivity contribution < 1.29 is 26.3 Å². The summed E-state index contributed by atoms with van der Waals surface area (Å²) in [5.74, 6) is -2.78. The first-order valence-electron chi connectivity index (χ1n) is 9.60. The molecule has 2 atom stereocenters. The molecule has 0 spiro atoms. The van der Waals surface area contributed by atoms with Crippen molar-refractivity contribution in [3.63, 3.8) is 0 Å². The van der Waals surface area contributed by atoms with Crippen LogP contribution in [0.25, 0.3) is 0 Å². The van der Waals surface area contributed by atoms with Crippen molar-refractivity contribution >= 4 is 0 Å². The van der Waals surface area contributed by atoms with Crippen LogP contribution in [0.2, 0.25) is 0 Å². The lowest BCUT2D eigenvalue weighted by Crippen LogP contribution is -2.59. The summed E-state index contributed by atoms with van der Waals surface area (Å²) < 4.78 is 85.5. The van der Waals surface area contributed by atoms with Crippen LogP contribution in [0.3, 0.4) is 0 Å². The van der Waals surface area contributed by atoms with Crippen molar-refractivity contribution in [1.82, 2.24) is 0 Å². The predicted molar refractivity (Wildman–Crippen MR) is 90.6 cm³/mol. The molecule has 0 nitrogen and oxygen atoms in total. The van der Waals surface area contributed by atoms with Crippen LogP contribution in [0, 0.1) is 22.7 Å². The highest BCUT2D eigenvalue weighted by Crippen LogP contribution is 2.64. The van der Waals surface area contributed by atoms with Crippen LogP contribution in [0.1, 0.15) is 78.6 Å². The highest BCUT2D eigenvalue weighted by Gasteiger charge is 2.75. The van der Waals surface area contributed by atoms with Gasteiger partial charge in [0.2, 0.25) is 0 Å². The van der Waals surface area contributed by atoms with Gasteiger partial charge in [-0.3, -0.25) is 0 Å². The summed E-state index contributed by atoms with van der Waals surface area (Å²) in [6.45, 7) is 5.67. The Morgan fingerprint density at radius 3 is 2.00 bits per heavy atom. The van der Waals surface area contributed by atoms with Crippen molar-refractivity contribution in [3.8, 4) is 0 Å². The summed E-state index contributed by atoms with van der Waals surface area (Å²) in [4.78, 5) is 0. The monoisotopic (exact) mass is 384 g/mol. The minimum absolute atomic E-state index is 0.00503. The second-order valence-corrected chi connectivity index (χ2v) is 9.02. The first-order chi connectivity index (χ1) is 11.8. The number of allylic oxidation sites excluding steroid dienone is 2. The van der Waals surface area contributed by atoms with E-state index in [9.17, 15) is 26.3 Å². The maximum atomic E-state index is 14.3. The normalized spacial score (nSPS) is 28.9. The fourth-order valence-electron chi connectivity index (χ4n) is 5.17. The van der Waals surface area contributed by atoms with E-state index in [1.165, 1.54) is 0 Å². The molecule has 0 aromatic heterocycles. The first kappa shape index (κ1) is 21.6. The molecule has 1 saturated carbocycles. The average molecular weight is 384 g/mol. The Labute approximate surface area is 152 Å². The zero-order valence-electron chi connectivity index (χ0n) is 15.9. The van der Waals surface area contributed by atoms with E-state index in [-0.39, 0.29) is 31.1 Å². The van der Waals surface area contributed by atoms with E-state index >= 15 is 0 Å². The standard InChI is InChI=1S/C20H30F6/c1-14-6-4-7-15(10-9-14)18(19(21,22)23,20(24,25)26)16-8-5-12-17(2,3)13-11-16/h6,15-16H,4-5,7-13H2,1-3H3. The van der Waals surface area contributed by atoms with E-state index in [0.29, 0.717) is 32.1 Å². The van der Waals surface area contributed by atoms with Gasteiger partial charge in [0.25, 0.3) is 0 Å². The second-order valence-electron chi connectivity index (χ2n) is 9.02. The van der Waals surface area contributed by atoms with E-state index in [1.54, 1.807) is 13.0 Å². The molecule has 0 bridgehead atoms. The largest absolute Gasteiger partial charge is 0.403 e. The number of alkyl halides is 6. The molecule has 2 unspecified atom stereocenters. The number of halogens is 6. The summed E-state index contributed by atoms with van der Waals surface area (Å²) in [6.07, 6.45) is -6.72. The van der Waals surface area contributed by atoms with Crippen LogP contribution in [0.4, 0.5) is 26.3 Å². The van der Waals surface area contributed by atoms with Gasteiger partial charge < -0.3 is 0 Å². The fraction of sp³-hybridized carbons (Fsp3) is 0.900. The van der Waals surface area contributed by atoms with E-state index < -0.39 is 29.6 Å². The number of hydrogen-bond acceptors (Lipinski definition) is 0. The van der Waals surface area contributed by atoms with Crippen LogP contribution in [-0.2, 0) is 0 Å². The minimum Gasteiger partial charge on any atom is -0.170 e. The topological polar surface area (TPSA) is 0 Å². The van der Waals surface area contributed by atoms with Gasteiger partial charge in [0, 0.05) is 0 Å².